The second-order valence-corrected chi connectivity index (χ2v) is 4.16. The first-order chi connectivity index (χ1) is 8.69. The summed E-state index contributed by atoms with van der Waals surface area (Å²) in [6, 6.07) is 8.43. The minimum absolute atomic E-state index is 0.0917. The highest BCUT2D eigenvalue weighted by molar-refractivity contribution is 6.30. The van der Waals surface area contributed by atoms with E-state index in [1.807, 2.05) is 12.1 Å². The molecule has 0 fully saturated rings. The van der Waals surface area contributed by atoms with Gasteiger partial charge in [0.05, 0.1) is 5.02 Å². The molecule has 2 rings (SSSR count). The van der Waals surface area contributed by atoms with Crippen molar-refractivity contribution < 1.29 is 9.13 Å². The van der Waals surface area contributed by atoms with E-state index in [1.165, 1.54) is 6.20 Å². The molecule has 1 aromatic carbocycles. The normalized spacial score (nSPS) is 10.4. The molecule has 0 aliphatic carbocycles. The number of rotatable bonds is 4. The van der Waals surface area contributed by atoms with Crippen LogP contribution in [0, 0.1) is 5.82 Å². The highest BCUT2D eigenvalue weighted by Crippen LogP contribution is 2.24. The molecule has 0 unspecified atom stereocenters. The second-order valence-electron chi connectivity index (χ2n) is 3.73. The van der Waals surface area contributed by atoms with Gasteiger partial charge >= 0.3 is 0 Å². The first-order valence-corrected chi connectivity index (χ1v) is 5.85. The van der Waals surface area contributed by atoms with E-state index in [2.05, 4.69) is 4.98 Å². The maximum Gasteiger partial charge on any atom is 0.255 e. The summed E-state index contributed by atoms with van der Waals surface area (Å²) in [6.07, 6.45) is 2.14. The molecule has 0 amide bonds. The van der Waals surface area contributed by atoms with Crippen LogP contribution in [0.15, 0.2) is 36.5 Å². The Morgan fingerprint density at radius 2 is 2.00 bits per heavy atom. The lowest BCUT2D eigenvalue weighted by Crippen LogP contribution is -2.02. The fourth-order valence-corrected chi connectivity index (χ4v) is 1.62. The van der Waals surface area contributed by atoms with Crippen LogP contribution < -0.4 is 10.5 Å². The molecular weight excluding hydrogens is 255 g/mol. The van der Waals surface area contributed by atoms with Crippen LogP contribution in [0.4, 0.5) is 4.39 Å². The summed E-state index contributed by atoms with van der Waals surface area (Å²) in [7, 11) is 0. The number of ether oxygens (including phenoxy) is 1. The number of pyridine rings is 1. The van der Waals surface area contributed by atoms with Crippen LogP contribution in [-0.4, -0.2) is 11.5 Å². The van der Waals surface area contributed by atoms with Crippen molar-refractivity contribution in [1.82, 2.24) is 4.98 Å². The third-order valence-electron chi connectivity index (χ3n) is 2.34. The van der Waals surface area contributed by atoms with Gasteiger partial charge in [-0.15, -0.1) is 0 Å². The van der Waals surface area contributed by atoms with E-state index >= 15 is 0 Å². The van der Waals surface area contributed by atoms with Gasteiger partial charge in [0.1, 0.15) is 5.75 Å². The molecule has 1 heterocycles. The fourth-order valence-electron chi connectivity index (χ4n) is 1.48. The minimum atomic E-state index is -0.589. The molecule has 0 saturated carbocycles. The summed E-state index contributed by atoms with van der Waals surface area (Å²) in [5, 5.41) is 0.234. The van der Waals surface area contributed by atoms with E-state index < -0.39 is 5.82 Å². The van der Waals surface area contributed by atoms with Crippen LogP contribution in [0.25, 0.3) is 0 Å². The van der Waals surface area contributed by atoms with Crippen molar-refractivity contribution in [3.8, 4) is 11.6 Å². The Morgan fingerprint density at radius 1 is 1.28 bits per heavy atom. The molecule has 0 bridgehead atoms. The average molecular weight is 267 g/mol. The van der Waals surface area contributed by atoms with Crippen LogP contribution in [-0.2, 0) is 6.42 Å². The Bertz CT molecular complexity index is 531. The van der Waals surface area contributed by atoms with Crippen molar-refractivity contribution in [3.63, 3.8) is 0 Å². The maximum atomic E-state index is 13.4. The van der Waals surface area contributed by atoms with Gasteiger partial charge in [-0.2, -0.15) is 0 Å². The van der Waals surface area contributed by atoms with Gasteiger partial charge in [-0.05, 0) is 36.7 Å². The van der Waals surface area contributed by atoms with E-state index in [4.69, 9.17) is 22.1 Å². The summed E-state index contributed by atoms with van der Waals surface area (Å²) in [5.74, 6) is -0.163. The third-order valence-corrected chi connectivity index (χ3v) is 2.55. The van der Waals surface area contributed by atoms with Crippen molar-refractivity contribution in [2.45, 2.75) is 6.42 Å². The van der Waals surface area contributed by atoms with Crippen molar-refractivity contribution >= 4 is 11.6 Å². The van der Waals surface area contributed by atoms with E-state index in [0.29, 0.717) is 12.3 Å². The highest BCUT2D eigenvalue weighted by atomic mass is 35.5. The Hall–Kier alpha value is -1.65. The molecule has 3 nitrogen and oxygen atoms in total. The van der Waals surface area contributed by atoms with Crippen molar-refractivity contribution in [3.05, 3.63) is 52.9 Å². The first-order valence-electron chi connectivity index (χ1n) is 5.47. The maximum absolute atomic E-state index is 13.4. The van der Waals surface area contributed by atoms with Gasteiger partial charge in [0.2, 0.25) is 0 Å². The zero-order valence-electron chi connectivity index (χ0n) is 9.57. The Balaban J connectivity index is 2.13. The lowest BCUT2D eigenvalue weighted by molar-refractivity contribution is 0.422. The Kier molecular flexibility index (Phi) is 4.12. The number of hydrogen-bond donors (Lipinski definition) is 1. The molecule has 0 radical (unpaired) electrons. The minimum Gasteiger partial charge on any atom is -0.436 e. The van der Waals surface area contributed by atoms with Crippen LogP contribution in [0.3, 0.4) is 0 Å². The summed E-state index contributed by atoms with van der Waals surface area (Å²) < 4.78 is 18.8. The lowest BCUT2D eigenvalue weighted by atomic mass is 10.1. The summed E-state index contributed by atoms with van der Waals surface area (Å²) >= 11 is 5.61. The summed E-state index contributed by atoms with van der Waals surface area (Å²) in [6.45, 7) is 0.591. The zero-order chi connectivity index (χ0) is 13.0. The summed E-state index contributed by atoms with van der Waals surface area (Å²) in [4.78, 5) is 3.78. The van der Waals surface area contributed by atoms with Crippen molar-refractivity contribution in [2.24, 2.45) is 5.73 Å². The number of benzene rings is 1. The van der Waals surface area contributed by atoms with Crippen LogP contribution in [0.1, 0.15) is 5.56 Å². The molecule has 0 atom stereocenters. The van der Waals surface area contributed by atoms with Gasteiger partial charge < -0.3 is 10.5 Å². The summed E-state index contributed by atoms with van der Waals surface area (Å²) in [5.41, 5.74) is 6.56. The van der Waals surface area contributed by atoms with E-state index in [1.54, 1.807) is 12.1 Å². The number of hydrogen-bond acceptors (Lipinski definition) is 3. The van der Waals surface area contributed by atoms with E-state index in [-0.39, 0.29) is 10.9 Å². The first kappa shape index (κ1) is 12.8. The van der Waals surface area contributed by atoms with Crippen molar-refractivity contribution in [1.29, 1.82) is 0 Å². The molecule has 0 aliphatic rings. The van der Waals surface area contributed by atoms with Gasteiger partial charge in [0, 0.05) is 6.20 Å². The lowest BCUT2D eigenvalue weighted by Gasteiger charge is -2.06. The molecule has 18 heavy (non-hydrogen) atoms. The topological polar surface area (TPSA) is 48.1 Å². The fraction of sp³-hybridized carbons (Fsp3) is 0.154. The molecule has 0 aliphatic heterocycles. The molecule has 2 aromatic rings. The number of nitrogens with zero attached hydrogens (tertiary/aromatic N) is 1. The number of aromatic nitrogens is 1. The molecule has 0 saturated heterocycles. The number of halogens is 2. The van der Waals surface area contributed by atoms with E-state index in [9.17, 15) is 4.39 Å². The van der Waals surface area contributed by atoms with E-state index in [0.717, 1.165) is 18.1 Å². The predicted octanol–water partition coefficient (Wildman–Crippen LogP) is 3.17. The quantitative estimate of drug-likeness (QED) is 0.925. The average Bonchev–Trinajstić information content (AvgIpc) is 2.35. The second kappa shape index (κ2) is 5.80. The Morgan fingerprint density at radius 3 is 2.61 bits per heavy atom. The molecule has 2 N–H and O–H groups in total. The van der Waals surface area contributed by atoms with Gasteiger partial charge in [-0.25, -0.2) is 9.37 Å². The third kappa shape index (κ3) is 3.18. The molecule has 1 aromatic heterocycles. The van der Waals surface area contributed by atoms with Crippen molar-refractivity contribution in [2.75, 3.05) is 6.54 Å². The SMILES string of the molecule is NCCc1ccc(Oc2ncc(Cl)cc2F)cc1. The standard InChI is InChI=1S/C13H12ClFN2O/c14-10-7-12(15)13(17-8-10)18-11-3-1-9(2-4-11)5-6-16/h1-4,7-8H,5-6,16H2. The van der Waals surface area contributed by atoms with Crippen LogP contribution in [0.2, 0.25) is 5.02 Å². The number of nitrogens with two attached hydrogens (primary N) is 1. The predicted molar refractivity (Wildman–Crippen MR) is 68.5 cm³/mol. The zero-order valence-corrected chi connectivity index (χ0v) is 10.3. The van der Waals surface area contributed by atoms with Gasteiger partial charge in [0.15, 0.2) is 5.82 Å². The molecular formula is C13H12ClFN2O. The molecule has 5 heteroatoms. The van der Waals surface area contributed by atoms with Crippen LogP contribution >= 0.6 is 11.6 Å². The Labute approximate surface area is 109 Å². The van der Waals surface area contributed by atoms with Gasteiger partial charge in [-0.1, -0.05) is 23.7 Å². The smallest absolute Gasteiger partial charge is 0.255 e. The van der Waals surface area contributed by atoms with Gasteiger partial charge in [-0.3, -0.25) is 0 Å². The molecule has 0 spiro atoms. The monoisotopic (exact) mass is 266 g/mol. The van der Waals surface area contributed by atoms with Crippen LogP contribution in [0.5, 0.6) is 11.6 Å². The van der Waals surface area contributed by atoms with Gasteiger partial charge in [0.25, 0.3) is 5.88 Å². The largest absolute Gasteiger partial charge is 0.436 e. The highest BCUT2D eigenvalue weighted by Gasteiger charge is 2.07. The molecule has 94 valence electrons.